The van der Waals surface area contributed by atoms with E-state index in [0.717, 1.165) is 4.88 Å². The molecule has 3 rings (SSSR count). The summed E-state index contributed by atoms with van der Waals surface area (Å²) in [5.74, 6) is 0.366. The number of nitrogens with one attached hydrogen (secondary N) is 2. The van der Waals surface area contributed by atoms with Gasteiger partial charge in [0.05, 0.1) is 18.2 Å². The Hall–Kier alpha value is -2.34. The summed E-state index contributed by atoms with van der Waals surface area (Å²) in [7, 11) is 0. The maximum atomic E-state index is 12.4. The van der Waals surface area contributed by atoms with E-state index in [9.17, 15) is 9.59 Å². The highest BCUT2D eigenvalue weighted by Gasteiger charge is 2.30. The zero-order chi connectivity index (χ0) is 17.1. The molecular weight excluding hydrogens is 324 g/mol. The van der Waals surface area contributed by atoms with Gasteiger partial charge in [-0.2, -0.15) is 0 Å². The third-order valence-corrected chi connectivity index (χ3v) is 4.87. The lowest BCUT2D eigenvalue weighted by Crippen LogP contribution is -2.42. The molecule has 2 aromatic rings. The number of anilines is 1. The fraction of sp³-hybridized carbons (Fsp3) is 0.333. The van der Waals surface area contributed by atoms with Crippen molar-refractivity contribution >= 4 is 28.8 Å². The van der Waals surface area contributed by atoms with Gasteiger partial charge in [0.2, 0.25) is 5.91 Å². The van der Waals surface area contributed by atoms with Crippen LogP contribution in [0.4, 0.5) is 5.69 Å². The van der Waals surface area contributed by atoms with E-state index < -0.39 is 6.10 Å². The van der Waals surface area contributed by atoms with Crippen molar-refractivity contribution in [3.05, 3.63) is 46.7 Å². The Morgan fingerprint density at radius 1 is 1.29 bits per heavy atom. The van der Waals surface area contributed by atoms with Crippen LogP contribution in [0.3, 0.4) is 0 Å². The molecule has 1 aliphatic heterocycles. The zero-order valence-corrected chi connectivity index (χ0v) is 14.4. The van der Waals surface area contributed by atoms with Crippen LogP contribution in [0.25, 0.3) is 0 Å². The maximum Gasteiger partial charge on any atom is 0.266 e. The van der Waals surface area contributed by atoms with Crippen LogP contribution < -0.4 is 15.4 Å². The first kappa shape index (κ1) is 16.5. The number of rotatable bonds is 5. The standard InChI is InChI=1S/C18H20N2O3S/c1-11(2)17(15-8-5-9-24-15)20-16(21)10-14-18(22)19-12-6-3-4-7-13(12)23-14/h3-9,11,14,17H,10H2,1-2H3,(H,19,22)(H,20,21)/t14-,17-/m1/s1. The van der Waals surface area contributed by atoms with Crippen LogP contribution in [0.1, 0.15) is 31.2 Å². The fourth-order valence-corrected chi connectivity index (χ4v) is 3.61. The molecule has 2 atom stereocenters. The molecule has 0 bridgehead atoms. The van der Waals surface area contributed by atoms with Crippen LogP contribution in [0, 0.1) is 5.92 Å². The Bertz CT molecular complexity index is 728. The summed E-state index contributed by atoms with van der Waals surface area (Å²) in [5, 5.41) is 7.79. The molecule has 2 heterocycles. The molecule has 1 aromatic heterocycles. The van der Waals surface area contributed by atoms with E-state index >= 15 is 0 Å². The summed E-state index contributed by atoms with van der Waals surface area (Å²) in [6, 6.07) is 11.1. The molecule has 0 saturated heterocycles. The summed E-state index contributed by atoms with van der Waals surface area (Å²) < 4.78 is 5.68. The van der Waals surface area contributed by atoms with Crippen molar-refractivity contribution < 1.29 is 14.3 Å². The summed E-state index contributed by atoms with van der Waals surface area (Å²) in [6.07, 6.45) is -0.814. The van der Waals surface area contributed by atoms with E-state index in [1.807, 2.05) is 29.6 Å². The number of para-hydroxylation sites is 2. The number of carbonyl (C=O) groups excluding carboxylic acids is 2. The van der Waals surface area contributed by atoms with Gasteiger partial charge < -0.3 is 15.4 Å². The third-order valence-electron chi connectivity index (χ3n) is 3.91. The van der Waals surface area contributed by atoms with Crippen molar-refractivity contribution in [3.63, 3.8) is 0 Å². The average molecular weight is 344 g/mol. The molecule has 126 valence electrons. The molecule has 0 unspecified atom stereocenters. The Balaban J connectivity index is 1.65. The smallest absolute Gasteiger partial charge is 0.266 e. The highest BCUT2D eigenvalue weighted by Crippen LogP contribution is 2.30. The highest BCUT2D eigenvalue weighted by molar-refractivity contribution is 7.10. The first-order valence-electron chi connectivity index (χ1n) is 7.94. The predicted octanol–water partition coefficient (Wildman–Crippen LogP) is 3.35. The van der Waals surface area contributed by atoms with Gasteiger partial charge in [0.1, 0.15) is 5.75 Å². The summed E-state index contributed by atoms with van der Waals surface area (Å²) in [5.41, 5.74) is 0.637. The van der Waals surface area contributed by atoms with Crippen molar-refractivity contribution in [1.29, 1.82) is 0 Å². The molecule has 1 aliphatic rings. The van der Waals surface area contributed by atoms with Crippen molar-refractivity contribution in [2.45, 2.75) is 32.4 Å². The lowest BCUT2D eigenvalue weighted by molar-refractivity contribution is -0.131. The topological polar surface area (TPSA) is 67.4 Å². The fourth-order valence-electron chi connectivity index (χ4n) is 2.66. The molecule has 24 heavy (non-hydrogen) atoms. The van der Waals surface area contributed by atoms with Gasteiger partial charge in [0, 0.05) is 4.88 Å². The Kier molecular flexibility index (Phi) is 4.85. The average Bonchev–Trinajstić information content (AvgIpc) is 3.07. The van der Waals surface area contributed by atoms with Gasteiger partial charge in [-0.25, -0.2) is 0 Å². The SMILES string of the molecule is CC(C)[C@@H](NC(=O)C[C@H]1Oc2ccccc2NC1=O)c1cccs1. The Morgan fingerprint density at radius 3 is 2.79 bits per heavy atom. The summed E-state index contributed by atoms with van der Waals surface area (Å²) in [6.45, 7) is 4.12. The monoisotopic (exact) mass is 344 g/mol. The van der Waals surface area contributed by atoms with E-state index in [2.05, 4.69) is 24.5 Å². The summed E-state index contributed by atoms with van der Waals surface area (Å²) in [4.78, 5) is 25.6. The molecule has 0 radical (unpaired) electrons. The van der Waals surface area contributed by atoms with Crippen LogP contribution in [0.15, 0.2) is 41.8 Å². The van der Waals surface area contributed by atoms with Gasteiger partial charge in [0.25, 0.3) is 5.91 Å². The maximum absolute atomic E-state index is 12.4. The number of amides is 2. The number of thiophene rings is 1. The molecule has 0 saturated carbocycles. The second kappa shape index (κ2) is 7.05. The molecular formula is C18H20N2O3S. The number of fused-ring (bicyclic) bond motifs is 1. The van der Waals surface area contributed by atoms with E-state index in [0.29, 0.717) is 11.4 Å². The number of hydrogen-bond acceptors (Lipinski definition) is 4. The molecule has 6 heteroatoms. The van der Waals surface area contributed by atoms with Gasteiger partial charge in [-0.1, -0.05) is 32.0 Å². The van der Waals surface area contributed by atoms with Crippen molar-refractivity contribution in [2.24, 2.45) is 5.92 Å². The summed E-state index contributed by atoms with van der Waals surface area (Å²) >= 11 is 1.61. The number of ether oxygens (including phenoxy) is 1. The molecule has 0 aliphatic carbocycles. The zero-order valence-electron chi connectivity index (χ0n) is 13.6. The number of hydrogen-bond donors (Lipinski definition) is 2. The van der Waals surface area contributed by atoms with Gasteiger partial charge in [-0.3, -0.25) is 9.59 Å². The molecule has 2 N–H and O–H groups in total. The van der Waals surface area contributed by atoms with E-state index in [4.69, 9.17) is 4.74 Å². The lowest BCUT2D eigenvalue weighted by atomic mass is 10.0. The molecule has 2 amide bonds. The second-order valence-electron chi connectivity index (χ2n) is 6.10. The van der Waals surface area contributed by atoms with Crippen LogP contribution in [-0.2, 0) is 9.59 Å². The Morgan fingerprint density at radius 2 is 2.08 bits per heavy atom. The van der Waals surface area contributed by atoms with Gasteiger partial charge in [0.15, 0.2) is 6.10 Å². The predicted molar refractivity (Wildman–Crippen MR) is 94.1 cm³/mol. The number of carbonyl (C=O) groups is 2. The minimum absolute atomic E-state index is 0.00520. The van der Waals surface area contributed by atoms with Crippen LogP contribution in [0.5, 0.6) is 5.75 Å². The molecule has 0 spiro atoms. The lowest BCUT2D eigenvalue weighted by Gasteiger charge is -2.27. The molecule has 1 aromatic carbocycles. The van der Waals surface area contributed by atoms with E-state index in [1.54, 1.807) is 23.5 Å². The van der Waals surface area contributed by atoms with Gasteiger partial charge in [-0.15, -0.1) is 11.3 Å². The normalized spacial score (nSPS) is 17.6. The van der Waals surface area contributed by atoms with Gasteiger partial charge in [-0.05, 0) is 29.5 Å². The molecule has 0 fully saturated rings. The van der Waals surface area contributed by atoms with Crippen LogP contribution in [0.2, 0.25) is 0 Å². The minimum atomic E-state index is -0.809. The van der Waals surface area contributed by atoms with Gasteiger partial charge >= 0.3 is 0 Å². The van der Waals surface area contributed by atoms with Crippen LogP contribution in [-0.4, -0.2) is 17.9 Å². The van der Waals surface area contributed by atoms with E-state index in [-0.39, 0.29) is 30.2 Å². The second-order valence-corrected chi connectivity index (χ2v) is 7.08. The number of benzene rings is 1. The quantitative estimate of drug-likeness (QED) is 0.874. The van der Waals surface area contributed by atoms with Crippen molar-refractivity contribution in [2.75, 3.05) is 5.32 Å². The van der Waals surface area contributed by atoms with Crippen LogP contribution >= 0.6 is 11.3 Å². The van der Waals surface area contributed by atoms with Crippen molar-refractivity contribution in [3.8, 4) is 5.75 Å². The Labute approximate surface area is 145 Å². The third kappa shape index (κ3) is 3.59. The first-order chi connectivity index (χ1) is 11.5. The van der Waals surface area contributed by atoms with E-state index in [1.165, 1.54) is 0 Å². The first-order valence-corrected chi connectivity index (χ1v) is 8.82. The molecule has 5 nitrogen and oxygen atoms in total. The van der Waals surface area contributed by atoms with Crippen molar-refractivity contribution in [1.82, 2.24) is 5.32 Å². The largest absolute Gasteiger partial charge is 0.478 e. The highest BCUT2D eigenvalue weighted by atomic mass is 32.1. The minimum Gasteiger partial charge on any atom is -0.478 e.